The Kier molecular flexibility index (Phi) is 4.42. The molecule has 0 radical (unpaired) electrons. The van der Waals surface area contributed by atoms with Crippen LogP contribution in [0.1, 0.15) is 38.5 Å². The standard InChI is InChI=1S/C12H18N2O5S/c15-10-6-5-9(12(17)14-10)13-11(16)7-20(18,19)8-3-1-2-4-8/h8-9H,1-7H2,(H,13,16)(H,14,15,17). The van der Waals surface area contributed by atoms with E-state index in [1.54, 1.807) is 0 Å². The normalized spacial score (nSPS) is 24.5. The molecule has 1 saturated heterocycles. The molecule has 112 valence electrons. The van der Waals surface area contributed by atoms with Crippen molar-refractivity contribution in [2.45, 2.75) is 49.8 Å². The highest BCUT2D eigenvalue weighted by Gasteiger charge is 2.33. The maximum Gasteiger partial charge on any atom is 0.249 e. The number of amides is 3. The van der Waals surface area contributed by atoms with Crippen LogP contribution in [0.3, 0.4) is 0 Å². The number of hydrogen-bond donors (Lipinski definition) is 2. The van der Waals surface area contributed by atoms with Gasteiger partial charge in [0, 0.05) is 6.42 Å². The van der Waals surface area contributed by atoms with E-state index in [1.165, 1.54) is 0 Å². The van der Waals surface area contributed by atoms with Gasteiger partial charge in [-0.1, -0.05) is 12.8 Å². The van der Waals surface area contributed by atoms with Crippen molar-refractivity contribution in [1.29, 1.82) is 0 Å². The fourth-order valence-electron chi connectivity index (χ4n) is 2.62. The molecule has 1 aliphatic heterocycles. The van der Waals surface area contributed by atoms with Gasteiger partial charge in [-0.15, -0.1) is 0 Å². The lowest BCUT2D eigenvalue weighted by Crippen LogP contribution is -2.53. The number of hydrogen-bond acceptors (Lipinski definition) is 5. The highest BCUT2D eigenvalue weighted by molar-refractivity contribution is 7.92. The van der Waals surface area contributed by atoms with Crippen LogP contribution in [0.2, 0.25) is 0 Å². The van der Waals surface area contributed by atoms with Crippen LogP contribution in [0.5, 0.6) is 0 Å². The molecule has 0 aromatic carbocycles. The smallest absolute Gasteiger partial charge is 0.249 e. The third-order valence-electron chi connectivity index (χ3n) is 3.72. The van der Waals surface area contributed by atoms with Crippen LogP contribution in [0.15, 0.2) is 0 Å². The van der Waals surface area contributed by atoms with Crippen molar-refractivity contribution >= 4 is 27.6 Å². The topological polar surface area (TPSA) is 109 Å². The second-order valence-electron chi connectivity index (χ2n) is 5.28. The second-order valence-corrected chi connectivity index (χ2v) is 7.57. The van der Waals surface area contributed by atoms with Gasteiger partial charge in [0.25, 0.3) is 0 Å². The van der Waals surface area contributed by atoms with E-state index in [-0.39, 0.29) is 18.7 Å². The Morgan fingerprint density at radius 3 is 2.45 bits per heavy atom. The summed E-state index contributed by atoms with van der Waals surface area (Å²) in [4.78, 5) is 34.2. The molecule has 0 aromatic rings. The number of carbonyl (C=O) groups excluding carboxylic acids is 3. The Morgan fingerprint density at radius 2 is 1.85 bits per heavy atom. The number of rotatable bonds is 4. The molecule has 2 N–H and O–H groups in total. The molecule has 2 fully saturated rings. The summed E-state index contributed by atoms with van der Waals surface area (Å²) in [6, 6.07) is -0.820. The van der Waals surface area contributed by atoms with E-state index < -0.39 is 38.7 Å². The molecule has 0 spiro atoms. The van der Waals surface area contributed by atoms with Gasteiger partial charge in [-0.25, -0.2) is 8.42 Å². The molecule has 1 saturated carbocycles. The lowest BCUT2D eigenvalue weighted by atomic mass is 10.1. The molecule has 1 unspecified atom stereocenters. The molecule has 0 aromatic heterocycles. The van der Waals surface area contributed by atoms with Crippen LogP contribution < -0.4 is 10.6 Å². The van der Waals surface area contributed by atoms with Gasteiger partial charge in [0.1, 0.15) is 11.8 Å². The molecule has 7 nitrogen and oxygen atoms in total. The number of carbonyl (C=O) groups is 3. The predicted molar refractivity (Wildman–Crippen MR) is 70.4 cm³/mol. The fraction of sp³-hybridized carbons (Fsp3) is 0.750. The zero-order chi connectivity index (χ0) is 14.8. The van der Waals surface area contributed by atoms with Crippen molar-refractivity contribution in [1.82, 2.24) is 10.6 Å². The fourth-order valence-corrected chi connectivity index (χ4v) is 4.35. The lowest BCUT2D eigenvalue weighted by molar-refractivity contribution is -0.136. The number of nitrogens with one attached hydrogen (secondary N) is 2. The van der Waals surface area contributed by atoms with Crippen LogP contribution in [0.4, 0.5) is 0 Å². The number of sulfone groups is 1. The van der Waals surface area contributed by atoms with Crippen molar-refractivity contribution in [3.8, 4) is 0 Å². The number of imide groups is 1. The van der Waals surface area contributed by atoms with Gasteiger partial charge in [0.05, 0.1) is 5.25 Å². The van der Waals surface area contributed by atoms with Gasteiger partial charge < -0.3 is 5.32 Å². The molecule has 2 aliphatic rings. The molecule has 1 atom stereocenters. The first-order valence-electron chi connectivity index (χ1n) is 6.73. The Morgan fingerprint density at radius 1 is 1.20 bits per heavy atom. The van der Waals surface area contributed by atoms with Gasteiger partial charge in [0.15, 0.2) is 9.84 Å². The Balaban J connectivity index is 1.89. The second kappa shape index (κ2) is 5.90. The van der Waals surface area contributed by atoms with Crippen molar-refractivity contribution in [2.75, 3.05) is 5.75 Å². The molecule has 20 heavy (non-hydrogen) atoms. The third-order valence-corrected chi connectivity index (χ3v) is 5.87. The van der Waals surface area contributed by atoms with E-state index in [9.17, 15) is 22.8 Å². The van der Waals surface area contributed by atoms with E-state index in [2.05, 4.69) is 10.6 Å². The summed E-state index contributed by atoms with van der Waals surface area (Å²) in [5.74, 6) is -2.21. The zero-order valence-corrected chi connectivity index (χ0v) is 11.9. The van der Waals surface area contributed by atoms with E-state index >= 15 is 0 Å². The first-order valence-corrected chi connectivity index (χ1v) is 8.44. The minimum atomic E-state index is -3.45. The Hall–Kier alpha value is -1.44. The van der Waals surface area contributed by atoms with E-state index in [4.69, 9.17) is 0 Å². The van der Waals surface area contributed by atoms with Crippen LogP contribution >= 0.6 is 0 Å². The van der Waals surface area contributed by atoms with E-state index in [0.717, 1.165) is 12.8 Å². The summed E-state index contributed by atoms with van der Waals surface area (Å²) in [6.45, 7) is 0. The SMILES string of the molecule is O=C1CCC(NC(=O)CS(=O)(=O)C2CCCC2)C(=O)N1. The summed E-state index contributed by atoms with van der Waals surface area (Å²) < 4.78 is 24.0. The van der Waals surface area contributed by atoms with Gasteiger partial charge in [-0.3, -0.25) is 19.7 Å². The Bertz CT molecular complexity index is 522. The van der Waals surface area contributed by atoms with Crippen LogP contribution in [-0.2, 0) is 24.2 Å². The molecule has 0 bridgehead atoms. The molecular formula is C12H18N2O5S. The summed E-state index contributed by atoms with van der Waals surface area (Å²) >= 11 is 0. The highest BCUT2D eigenvalue weighted by Crippen LogP contribution is 2.25. The minimum absolute atomic E-state index is 0.145. The van der Waals surface area contributed by atoms with Crippen molar-refractivity contribution in [3.63, 3.8) is 0 Å². The van der Waals surface area contributed by atoms with Crippen molar-refractivity contribution in [2.24, 2.45) is 0 Å². The van der Waals surface area contributed by atoms with Crippen molar-refractivity contribution in [3.05, 3.63) is 0 Å². The monoisotopic (exact) mass is 302 g/mol. The maximum atomic E-state index is 12.0. The van der Waals surface area contributed by atoms with E-state index in [0.29, 0.717) is 12.8 Å². The van der Waals surface area contributed by atoms with E-state index in [1.807, 2.05) is 0 Å². The average Bonchev–Trinajstić information content (AvgIpc) is 2.86. The predicted octanol–water partition coefficient (Wildman–Crippen LogP) is -0.735. The van der Waals surface area contributed by atoms with Gasteiger partial charge >= 0.3 is 0 Å². The molecule has 1 heterocycles. The zero-order valence-electron chi connectivity index (χ0n) is 11.1. The summed E-state index contributed by atoms with van der Waals surface area (Å²) in [6.07, 6.45) is 3.31. The van der Waals surface area contributed by atoms with Crippen molar-refractivity contribution < 1.29 is 22.8 Å². The van der Waals surface area contributed by atoms with Gasteiger partial charge in [-0.2, -0.15) is 0 Å². The molecule has 1 aliphatic carbocycles. The first kappa shape index (κ1) is 15.0. The highest BCUT2D eigenvalue weighted by atomic mass is 32.2. The van der Waals surface area contributed by atoms with Crippen LogP contribution in [0, 0.1) is 0 Å². The molecule has 8 heteroatoms. The van der Waals surface area contributed by atoms with Gasteiger partial charge in [0.2, 0.25) is 17.7 Å². The average molecular weight is 302 g/mol. The maximum absolute atomic E-state index is 12.0. The molecule has 3 amide bonds. The quantitative estimate of drug-likeness (QED) is 0.665. The summed E-state index contributed by atoms with van der Waals surface area (Å²) in [7, 11) is -3.45. The Labute approximate surface area is 117 Å². The first-order chi connectivity index (χ1) is 9.38. The van der Waals surface area contributed by atoms with Crippen LogP contribution in [-0.4, -0.2) is 43.2 Å². The summed E-state index contributed by atoms with van der Waals surface area (Å²) in [5, 5.41) is 4.06. The summed E-state index contributed by atoms with van der Waals surface area (Å²) in [5.41, 5.74) is 0. The largest absolute Gasteiger partial charge is 0.343 e. The van der Waals surface area contributed by atoms with Gasteiger partial charge in [-0.05, 0) is 19.3 Å². The lowest BCUT2D eigenvalue weighted by Gasteiger charge is -2.22. The minimum Gasteiger partial charge on any atom is -0.343 e. The van der Waals surface area contributed by atoms with Crippen LogP contribution in [0.25, 0.3) is 0 Å². The number of piperidine rings is 1. The molecule has 2 rings (SSSR count). The molecular weight excluding hydrogens is 284 g/mol. The third kappa shape index (κ3) is 3.56.